The summed E-state index contributed by atoms with van der Waals surface area (Å²) < 4.78 is 7.61. The van der Waals surface area contributed by atoms with Crippen LogP contribution in [0.4, 0.5) is 5.82 Å². The minimum absolute atomic E-state index is 0.0227. The van der Waals surface area contributed by atoms with E-state index in [0.717, 1.165) is 47.9 Å². The van der Waals surface area contributed by atoms with Gasteiger partial charge in [0, 0.05) is 38.4 Å². The van der Waals surface area contributed by atoms with E-state index in [-0.39, 0.29) is 12.1 Å². The molecule has 1 saturated heterocycles. The van der Waals surface area contributed by atoms with Crippen LogP contribution in [0.1, 0.15) is 37.0 Å². The molecule has 4 aromatic heterocycles. The van der Waals surface area contributed by atoms with E-state index < -0.39 is 0 Å². The molecule has 1 fully saturated rings. The van der Waals surface area contributed by atoms with Gasteiger partial charge in [0.1, 0.15) is 18.0 Å². The van der Waals surface area contributed by atoms with Gasteiger partial charge in [0.2, 0.25) is 11.8 Å². The molecule has 0 saturated carbocycles. The number of aromatic nitrogens is 8. The Morgan fingerprint density at radius 2 is 2.00 bits per heavy atom. The predicted octanol–water partition coefficient (Wildman–Crippen LogP) is 1.82. The summed E-state index contributed by atoms with van der Waals surface area (Å²) in [7, 11) is 0. The normalized spacial score (nSPS) is 18.9. The highest BCUT2D eigenvalue weighted by atomic mass is 16.4. The Morgan fingerprint density at radius 3 is 2.73 bits per heavy atom. The van der Waals surface area contributed by atoms with E-state index in [2.05, 4.69) is 47.7 Å². The van der Waals surface area contributed by atoms with Gasteiger partial charge in [-0.05, 0) is 20.3 Å². The van der Waals surface area contributed by atoms with Crippen molar-refractivity contribution >= 4 is 17.0 Å². The summed E-state index contributed by atoms with van der Waals surface area (Å²) in [4.78, 5) is 22.4. The van der Waals surface area contributed by atoms with Crippen LogP contribution in [0.15, 0.2) is 23.1 Å². The zero-order valence-corrected chi connectivity index (χ0v) is 17.0. The molecule has 5 rings (SSSR count). The number of anilines is 1. The van der Waals surface area contributed by atoms with Gasteiger partial charge in [-0.3, -0.25) is 0 Å². The first kappa shape index (κ1) is 18.6. The second-order valence-corrected chi connectivity index (χ2v) is 7.29. The molecule has 11 heteroatoms. The standard InChI is InChI=1S/C19H22N10O/c1-4-29-17(12-6-20-10(2)21-7-12)26-15-16(23-9-24-18(15)29)25-13-5-14(22-8-13)19-28-27-11(3)30-19/h6-7,9,13-14,22H,4-5,8H2,1-3H3,(H,23,24,25)/t13?,14-/m1/s1. The molecule has 4 aromatic rings. The highest BCUT2D eigenvalue weighted by Gasteiger charge is 2.30. The van der Waals surface area contributed by atoms with Crippen LogP contribution in [0.3, 0.4) is 0 Å². The van der Waals surface area contributed by atoms with Crippen molar-refractivity contribution in [1.29, 1.82) is 0 Å². The van der Waals surface area contributed by atoms with E-state index in [9.17, 15) is 0 Å². The fourth-order valence-electron chi connectivity index (χ4n) is 3.75. The largest absolute Gasteiger partial charge is 0.424 e. The molecule has 1 aliphatic rings. The summed E-state index contributed by atoms with van der Waals surface area (Å²) in [5.74, 6) is 3.38. The van der Waals surface area contributed by atoms with Gasteiger partial charge in [-0.2, -0.15) is 0 Å². The molecule has 0 amide bonds. The third-order valence-corrected chi connectivity index (χ3v) is 5.20. The summed E-state index contributed by atoms with van der Waals surface area (Å²) in [5.41, 5.74) is 2.35. The highest BCUT2D eigenvalue weighted by Crippen LogP contribution is 2.29. The van der Waals surface area contributed by atoms with Crippen molar-refractivity contribution in [2.75, 3.05) is 11.9 Å². The van der Waals surface area contributed by atoms with E-state index in [0.29, 0.717) is 17.6 Å². The van der Waals surface area contributed by atoms with Gasteiger partial charge in [0.25, 0.3) is 0 Å². The van der Waals surface area contributed by atoms with Gasteiger partial charge in [0.05, 0.1) is 11.6 Å². The summed E-state index contributed by atoms with van der Waals surface area (Å²) >= 11 is 0. The Labute approximate surface area is 172 Å². The van der Waals surface area contributed by atoms with E-state index in [4.69, 9.17) is 9.40 Å². The molecule has 0 aromatic carbocycles. The van der Waals surface area contributed by atoms with Crippen LogP contribution in [0.2, 0.25) is 0 Å². The average Bonchev–Trinajstić information content (AvgIpc) is 3.47. The molecule has 154 valence electrons. The van der Waals surface area contributed by atoms with Crippen molar-refractivity contribution in [2.24, 2.45) is 0 Å². The first-order valence-electron chi connectivity index (χ1n) is 9.92. The molecule has 2 atom stereocenters. The van der Waals surface area contributed by atoms with Crippen molar-refractivity contribution in [3.8, 4) is 11.4 Å². The van der Waals surface area contributed by atoms with Crippen LogP contribution >= 0.6 is 0 Å². The smallest absolute Gasteiger partial charge is 0.233 e. The van der Waals surface area contributed by atoms with Crippen LogP contribution in [0.5, 0.6) is 0 Å². The molecular weight excluding hydrogens is 384 g/mol. The third-order valence-electron chi connectivity index (χ3n) is 5.20. The zero-order valence-electron chi connectivity index (χ0n) is 17.0. The number of hydrogen-bond donors (Lipinski definition) is 2. The van der Waals surface area contributed by atoms with Crippen molar-refractivity contribution in [2.45, 2.75) is 45.8 Å². The molecule has 1 aliphatic heterocycles. The number of hydrogen-bond acceptors (Lipinski definition) is 10. The van der Waals surface area contributed by atoms with E-state index in [1.807, 2.05) is 11.5 Å². The fourth-order valence-corrected chi connectivity index (χ4v) is 3.75. The van der Waals surface area contributed by atoms with Crippen LogP contribution in [0.25, 0.3) is 22.6 Å². The monoisotopic (exact) mass is 406 g/mol. The molecule has 0 aliphatic carbocycles. The van der Waals surface area contributed by atoms with Crippen molar-refractivity contribution < 1.29 is 4.42 Å². The Balaban J connectivity index is 1.44. The number of nitrogens with zero attached hydrogens (tertiary/aromatic N) is 8. The Morgan fingerprint density at radius 1 is 1.17 bits per heavy atom. The molecular formula is C19H22N10O. The predicted molar refractivity (Wildman–Crippen MR) is 109 cm³/mol. The molecule has 11 nitrogen and oxygen atoms in total. The van der Waals surface area contributed by atoms with Gasteiger partial charge in [-0.15, -0.1) is 10.2 Å². The van der Waals surface area contributed by atoms with Crippen molar-refractivity contribution in [3.63, 3.8) is 0 Å². The van der Waals surface area contributed by atoms with E-state index in [1.54, 1.807) is 25.6 Å². The molecule has 0 spiro atoms. The van der Waals surface area contributed by atoms with Gasteiger partial charge in [0.15, 0.2) is 17.0 Å². The minimum atomic E-state index is 0.0227. The molecule has 2 N–H and O–H groups in total. The maximum atomic E-state index is 5.56. The van der Waals surface area contributed by atoms with Crippen molar-refractivity contribution in [1.82, 2.24) is 45.0 Å². The molecule has 5 heterocycles. The second kappa shape index (κ2) is 7.41. The second-order valence-electron chi connectivity index (χ2n) is 7.29. The summed E-state index contributed by atoms with van der Waals surface area (Å²) in [6, 6.07) is 0.174. The fraction of sp³-hybridized carbons (Fsp3) is 0.421. The molecule has 1 unspecified atom stereocenters. The lowest BCUT2D eigenvalue weighted by atomic mass is 10.1. The Bertz CT molecular complexity index is 1180. The lowest BCUT2D eigenvalue weighted by Gasteiger charge is -2.12. The van der Waals surface area contributed by atoms with Crippen LogP contribution < -0.4 is 10.6 Å². The lowest BCUT2D eigenvalue weighted by Crippen LogP contribution is -2.23. The maximum Gasteiger partial charge on any atom is 0.233 e. The zero-order chi connectivity index (χ0) is 20.7. The summed E-state index contributed by atoms with van der Waals surface area (Å²) in [6.45, 7) is 7.19. The topological polar surface area (TPSA) is 132 Å². The quantitative estimate of drug-likeness (QED) is 0.505. The Hall–Kier alpha value is -3.47. The van der Waals surface area contributed by atoms with Crippen LogP contribution in [0, 0.1) is 13.8 Å². The minimum Gasteiger partial charge on any atom is -0.424 e. The first-order chi connectivity index (χ1) is 14.6. The highest BCUT2D eigenvalue weighted by molar-refractivity contribution is 5.86. The van der Waals surface area contributed by atoms with Gasteiger partial charge in [-0.1, -0.05) is 0 Å². The van der Waals surface area contributed by atoms with E-state index in [1.165, 1.54) is 0 Å². The SMILES string of the molecule is CCn1c(-c2cnc(C)nc2)nc2c(NC3CN[C@@H](c4nnc(C)o4)C3)ncnc21. The first-order valence-corrected chi connectivity index (χ1v) is 9.92. The van der Waals surface area contributed by atoms with Crippen LogP contribution in [-0.2, 0) is 6.54 Å². The summed E-state index contributed by atoms with van der Waals surface area (Å²) in [5, 5.41) is 15.0. The van der Waals surface area contributed by atoms with Gasteiger partial charge >= 0.3 is 0 Å². The Kier molecular flexibility index (Phi) is 4.58. The maximum absolute atomic E-state index is 5.56. The number of imidazole rings is 1. The summed E-state index contributed by atoms with van der Waals surface area (Å²) in [6.07, 6.45) is 5.94. The molecule has 0 bridgehead atoms. The lowest BCUT2D eigenvalue weighted by molar-refractivity contribution is 0.412. The molecule has 0 radical (unpaired) electrons. The number of aryl methyl sites for hydroxylation is 3. The van der Waals surface area contributed by atoms with Gasteiger partial charge in [-0.25, -0.2) is 24.9 Å². The third kappa shape index (κ3) is 3.26. The van der Waals surface area contributed by atoms with Crippen molar-refractivity contribution in [3.05, 3.63) is 36.3 Å². The van der Waals surface area contributed by atoms with E-state index >= 15 is 0 Å². The number of rotatable bonds is 5. The van der Waals surface area contributed by atoms with Crippen LogP contribution in [-0.4, -0.2) is 52.3 Å². The molecule has 30 heavy (non-hydrogen) atoms. The number of nitrogens with one attached hydrogen (secondary N) is 2. The van der Waals surface area contributed by atoms with Gasteiger partial charge < -0.3 is 19.6 Å². The number of fused-ring (bicyclic) bond motifs is 1. The average molecular weight is 406 g/mol.